The van der Waals surface area contributed by atoms with Gasteiger partial charge in [-0.2, -0.15) is 0 Å². The zero-order chi connectivity index (χ0) is 16.8. The van der Waals surface area contributed by atoms with Crippen LogP contribution in [0.2, 0.25) is 5.02 Å². The number of aryl methyl sites for hydroxylation is 1. The van der Waals surface area contributed by atoms with E-state index in [1.807, 2.05) is 19.1 Å². The number of hydrogen-bond donors (Lipinski definition) is 1. The molecule has 1 heterocycles. The highest BCUT2D eigenvalue weighted by atomic mass is 35.5. The molecule has 1 aromatic heterocycles. The Morgan fingerprint density at radius 2 is 2.09 bits per heavy atom. The van der Waals surface area contributed by atoms with Gasteiger partial charge in [-0.25, -0.2) is 14.8 Å². The lowest BCUT2D eigenvalue weighted by atomic mass is 10.1. The molecule has 0 unspecified atom stereocenters. The van der Waals surface area contributed by atoms with E-state index in [0.717, 1.165) is 17.0 Å². The quantitative estimate of drug-likeness (QED) is 0.819. The van der Waals surface area contributed by atoms with Gasteiger partial charge in [0.2, 0.25) is 0 Å². The molecule has 0 spiro atoms. The van der Waals surface area contributed by atoms with E-state index in [1.54, 1.807) is 13.8 Å². The Morgan fingerprint density at radius 3 is 2.78 bits per heavy atom. The van der Waals surface area contributed by atoms with Crippen molar-refractivity contribution >= 4 is 23.4 Å². The van der Waals surface area contributed by atoms with Crippen LogP contribution in [-0.4, -0.2) is 29.1 Å². The first-order valence-corrected chi connectivity index (χ1v) is 7.88. The van der Waals surface area contributed by atoms with Crippen molar-refractivity contribution in [1.29, 1.82) is 0 Å². The molecule has 0 aliphatic rings. The number of ether oxygens (including phenoxy) is 1. The minimum atomic E-state index is -0.427. The lowest BCUT2D eigenvalue weighted by Crippen LogP contribution is -2.14. The Bertz CT molecular complexity index is 704. The lowest BCUT2D eigenvalue weighted by molar-refractivity contribution is 0.0518. The first-order chi connectivity index (χ1) is 11.0. The third-order valence-electron chi connectivity index (χ3n) is 3.48. The molecule has 0 saturated heterocycles. The molecule has 2 aromatic rings. The SMILES string of the molecule is CCOC(=O)c1ncnc(NCCc2ccc(Cl)c(C)c2)c1C. The third-order valence-corrected chi connectivity index (χ3v) is 3.91. The average Bonchev–Trinajstić information content (AvgIpc) is 2.52. The zero-order valence-corrected chi connectivity index (χ0v) is 14.3. The number of carbonyl (C=O) groups is 1. The molecule has 122 valence electrons. The minimum Gasteiger partial charge on any atom is -0.461 e. The van der Waals surface area contributed by atoms with E-state index < -0.39 is 5.97 Å². The van der Waals surface area contributed by atoms with E-state index in [1.165, 1.54) is 11.9 Å². The van der Waals surface area contributed by atoms with Crippen molar-refractivity contribution < 1.29 is 9.53 Å². The fourth-order valence-electron chi connectivity index (χ4n) is 2.22. The van der Waals surface area contributed by atoms with Crippen molar-refractivity contribution in [2.75, 3.05) is 18.5 Å². The molecule has 1 N–H and O–H groups in total. The van der Waals surface area contributed by atoms with Gasteiger partial charge < -0.3 is 10.1 Å². The van der Waals surface area contributed by atoms with Crippen molar-refractivity contribution in [3.63, 3.8) is 0 Å². The highest BCUT2D eigenvalue weighted by Crippen LogP contribution is 2.18. The van der Waals surface area contributed by atoms with Crippen molar-refractivity contribution in [2.45, 2.75) is 27.2 Å². The molecule has 0 bridgehead atoms. The largest absolute Gasteiger partial charge is 0.461 e. The molecule has 0 amide bonds. The molecule has 6 heteroatoms. The smallest absolute Gasteiger partial charge is 0.357 e. The van der Waals surface area contributed by atoms with Crippen LogP contribution in [0.3, 0.4) is 0 Å². The summed E-state index contributed by atoms with van der Waals surface area (Å²) in [6.45, 7) is 6.57. The molecule has 23 heavy (non-hydrogen) atoms. The first-order valence-electron chi connectivity index (χ1n) is 7.50. The van der Waals surface area contributed by atoms with Gasteiger partial charge in [0.1, 0.15) is 12.1 Å². The monoisotopic (exact) mass is 333 g/mol. The summed E-state index contributed by atoms with van der Waals surface area (Å²) >= 11 is 6.03. The van der Waals surface area contributed by atoms with Crippen molar-refractivity contribution in [1.82, 2.24) is 9.97 Å². The molecular weight excluding hydrogens is 314 g/mol. The number of halogens is 1. The summed E-state index contributed by atoms with van der Waals surface area (Å²) in [6.07, 6.45) is 2.20. The molecule has 1 aromatic carbocycles. The summed E-state index contributed by atoms with van der Waals surface area (Å²) in [5.41, 5.74) is 3.24. The van der Waals surface area contributed by atoms with Crippen LogP contribution in [0.25, 0.3) is 0 Å². The number of anilines is 1. The molecular formula is C17H20ClN3O2. The molecule has 0 radical (unpaired) electrons. The fourth-order valence-corrected chi connectivity index (χ4v) is 2.34. The van der Waals surface area contributed by atoms with E-state index >= 15 is 0 Å². The van der Waals surface area contributed by atoms with E-state index in [2.05, 4.69) is 21.4 Å². The summed E-state index contributed by atoms with van der Waals surface area (Å²) in [6, 6.07) is 5.98. The van der Waals surface area contributed by atoms with Crippen LogP contribution in [-0.2, 0) is 11.2 Å². The van der Waals surface area contributed by atoms with Crippen molar-refractivity contribution in [3.8, 4) is 0 Å². The average molecular weight is 334 g/mol. The second-order valence-corrected chi connectivity index (χ2v) is 5.58. The van der Waals surface area contributed by atoms with Crippen LogP contribution in [0.15, 0.2) is 24.5 Å². The van der Waals surface area contributed by atoms with Gasteiger partial charge in [-0.3, -0.25) is 0 Å². The number of carbonyl (C=O) groups excluding carboxylic acids is 1. The van der Waals surface area contributed by atoms with Crippen molar-refractivity contribution in [3.05, 3.63) is 51.9 Å². The Morgan fingerprint density at radius 1 is 1.30 bits per heavy atom. The highest BCUT2D eigenvalue weighted by molar-refractivity contribution is 6.31. The van der Waals surface area contributed by atoms with E-state index in [4.69, 9.17) is 16.3 Å². The van der Waals surface area contributed by atoms with Crippen LogP contribution in [0, 0.1) is 13.8 Å². The Balaban J connectivity index is 2.01. The maximum absolute atomic E-state index is 11.8. The molecule has 2 rings (SSSR count). The second-order valence-electron chi connectivity index (χ2n) is 5.18. The molecule has 5 nitrogen and oxygen atoms in total. The summed E-state index contributed by atoms with van der Waals surface area (Å²) < 4.78 is 4.99. The molecule has 0 aliphatic carbocycles. The van der Waals surface area contributed by atoms with Gasteiger partial charge in [-0.05, 0) is 44.4 Å². The van der Waals surface area contributed by atoms with Crippen LogP contribution in [0.5, 0.6) is 0 Å². The van der Waals surface area contributed by atoms with Gasteiger partial charge in [-0.15, -0.1) is 0 Å². The van der Waals surface area contributed by atoms with Crippen molar-refractivity contribution in [2.24, 2.45) is 0 Å². The van der Waals surface area contributed by atoms with Crippen LogP contribution in [0.1, 0.15) is 34.1 Å². The normalized spacial score (nSPS) is 10.4. The number of nitrogens with zero attached hydrogens (tertiary/aromatic N) is 2. The Hall–Kier alpha value is -2.14. The summed E-state index contributed by atoms with van der Waals surface area (Å²) in [7, 11) is 0. The number of benzene rings is 1. The van der Waals surface area contributed by atoms with E-state index in [9.17, 15) is 4.79 Å². The number of aromatic nitrogens is 2. The molecule has 0 saturated carbocycles. The Labute approximate surface area is 141 Å². The maximum atomic E-state index is 11.8. The van der Waals surface area contributed by atoms with E-state index in [-0.39, 0.29) is 0 Å². The minimum absolute atomic E-state index is 0.298. The second kappa shape index (κ2) is 7.92. The number of nitrogens with one attached hydrogen (secondary N) is 1. The van der Waals surface area contributed by atoms with E-state index in [0.29, 0.717) is 30.2 Å². The zero-order valence-electron chi connectivity index (χ0n) is 13.5. The van der Waals surface area contributed by atoms with Crippen LogP contribution >= 0.6 is 11.6 Å². The number of rotatable bonds is 6. The van der Waals surface area contributed by atoms with Gasteiger partial charge in [-0.1, -0.05) is 23.7 Å². The summed E-state index contributed by atoms with van der Waals surface area (Å²) in [5.74, 6) is 0.220. The highest BCUT2D eigenvalue weighted by Gasteiger charge is 2.15. The Kier molecular flexibility index (Phi) is 5.93. The van der Waals surface area contributed by atoms with Gasteiger partial charge >= 0.3 is 5.97 Å². The molecule has 0 fully saturated rings. The molecule has 0 aliphatic heterocycles. The lowest BCUT2D eigenvalue weighted by Gasteiger charge is -2.11. The van der Waals surface area contributed by atoms with Gasteiger partial charge in [0, 0.05) is 17.1 Å². The maximum Gasteiger partial charge on any atom is 0.357 e. The summed E-state index contributed by atoms with van der Waals surface area (Å²) in [4.78, 5) is 20.0. The van der Waals surface area contributed by atoms with Gasteiger partial charge in [0.25, 0.3) is 0 Å². The van der Waals surface area contributed by atoms with Crippen LogP contribution < -0.4 is 5.32 Å². The van der Waals surface area contributed by atoms with Crippen LogP contribution in [0.4, 0.5) is 5.82 Å². The van der Waals surface area contributed by atoms with Gasteiger partial charge in [0.05, 0.1) is 6.61 Å². The topological polar surface area (TPSA) is 64.1 Å². The number of esters is 1. The predicted octanol–water partition coefficient (Wildman–Crippen LogP) is 3.58. The fraction of sp³-hybridized carbons (Fsp3) is 0.353. The van der Waals surface area contributed by atoms with Gasteiger partial charge in [0.15, 0.2) is 5.69 Å². The number of hydrogen-bond acceptors (Lipinski definition) is 5. The predicted molar refractivity (Wildman–Crippen MR) is 91.1 cm³/mol. The molecule has 0 atom stereocenters. The first kappa shape index (κ1) is 17.2. The standard InChI is InChI=1S/C17H20ClN3O2/c1-4-23-17(22)15-12(3)16(21-10-20-15)19-8-7-13-5-6-14(18)11(2)9-13/h5-6,9-10H,4,7-8H2,1-3H3,(H,19,20,21). The summed E-state index contributed by atoms with van der Waals surface area (Å²) in [5, 5.41) is 4.01. The third kappa shape index (κ3) is 4.42.